The molecule has 1 aliphatic rings. The zero-order chi connectivity index (χ0) is 16.3. The lowest BCUT2D eigenvalue weighted by Gasteiger charge is -2.13. The lowest BCUT2D eigenvalue weighted by molar-refractivity contribution is -0.383. The number of nitrogens with zero attached hydrogens (tertiary/aromatic N) is 2. The first-order valence-electron chi connectivity index (χ1n) is 6.44. The second-order valence-corrected chi connectivity index (χ2v) is 4.65. The Hall–Kier alpha value is -2.97. The van der Waals surface area contributed by atoms with Crippen molar-refractivity contribution in [3.8, 4) is 0 Å². The minimum atomic E-state index is -0.900. The van der Waals surface area contributed by atoms with Crippen LogP contribution in [0.2, 0.25) is 0 Å². The zero-order valence-electron chi connectivity index (χ0n) is 11.5. The molecule has 22 heavy (non-hydrogen) atoms. The molecule has 0 atom stereocenters. The van der Waals surface area contributed by atoms with Crippen LogP contribution in [0.25, 0.3) is 0 Å². The van der Waals surface area contributed by atoms with E-state index in [4.69, 9.17) is 10.5 Å². The van der Waals surface area contributed by atoms with Gasteiger partial charge in [0.2, 0.25) is 5.91 Å². The SMILES string of the molecule is Nc1ccc(C(=O)OCC(=O)N2CCCC2=O)cc1[N+](=O)[O-]. The van der Waals surface area contributed by atoms with Crippen molar-refractivity contribution in [2.75, 3.05) is 18.9 Å². The van der Waals surface area contributed by atoms with E-state index in [-0.39, 0.29) is 17.2 Å². The Kier molecular flexibility index (Phi) is 4.35. The molecular weight excluding hydrogens is 294 g/mol. The van der Waals surface area contributed by atoms with Crippen LogP contribution < -0.4 is 5.73 Å². The van der Waals surface area contributed by atoms with Gasteiger partial charge in [0.15, 0.2) is 6.61 Å². The monoisotopic (exact) mass is 307 g/mol. The summed E-state index contributed by atoms with van der Waals surface area (Å²) in [5.74, 6) is -1.81. The van der Waals surface area contributed by atoms with Crippen molar-refractivity contribution in [2.45, 2.75) is 12.8 Å². The molecule has 0 unspecified atom stereocenters. The summed E-state index contributed by atoms with van der Waals surface area (Å²) in [5, 5.41) is 10.7. The summed E-state index contributed by atoms with van der Waals surface area (Å²) in [7, 11) is 0. The summed E-state index contributed by atoms with van der Waals surface area (Å²) >= 11 is 0. The van der Waals surface area contributed by atoms with Gasteiger partial charge in [-0.2, -0.15) is 0 Å². The van der Waals surface area contributed by atoms with Gasteiger partial charge in [-0.25, -0.2) is 4.79 Å². The average Bonchev–Trinajstić information content (AvgIpc) is 2.90. The van der Waals surface area contributed by atoms with Crippen molar-refractivity contribution >= 4 is 29.2 Å². The molecule has 1 saturated heterocycles. The number of nitro benzene ring substituents is 1. The number of carbonyl (C=O) groups is 3. The van der Waals surface area contributed by atoms with Gasteiger partial charge < -0.3 is 10.5 Å². The fourth-order valence-electron chi connectivity index (χ4n) is 2.03. The number of hydrogen-bond acceptors (Lipinski definition) is 7. The lowest BCUT2D eigenvalue weighted by Crippen LogP contribution is -2.35. The van der Waals surface area contributed by atoms with Crippen LogP contribution in [0.5, 0.6) is 0 Å². The van der Waals surface area contributed by atoms with Crippen LogP contribution in [-0.4, -0.2) is 40.8 Å². The molecule has 1 fully saturated rings. The van der Waals surface area contributed by atoms with Crippen LogP contribution in [0.4, 0.5) is 11.4 Å². The normalized spacial score (nSPS) is 14.0. The number of nitro groups is 1. The van der Waals surface area contributed by atoms with Gasteiger partial charge in [-0.3, -0.25) is 24.6 Å². The van der Waals surface area contributed by atoms with Crippen LogP contribution in [-0.2, 0) is 14.3 Å². The van der Waals surface area contributed by atoms with Gasteiger partial charge in [0.25, 0.3) is 11.6 Å². The molecule has 0 saturated carbocycles. The smallest absolute Gasteiger partial charge is 0.338 e. The summed E-state index contributed by atoms with van der Waals surface area (Å²) in [4.78, 5) is 45.9. The molecular formula is C13H13N3O6. The number of benzene rings is 1. The first-order chi connectivity index (χ1) is 10.4. The Balaban J connectivity index is 2.00. The maximum atomic E-state index is 11.8. The third-order valence-corrected chi connectivity index (χ3v) is 3.16. The van der Waals surface area contributed by atoms with Crippen molar-refractivity contribution < 1.29 is 24.0 Å². The van der Waals surface area contributed by atoms with Crippen molar-refractivity contribution in [3.05, 3.63) is 33.9 Å². The van der Waals surface area contributed by atoms with Crippen molar-refractivity contribution in [1.29, 1.82) is 0 Å². The molecule has 0 aliphatic carbocycles. The van der Waals surface area contributed by atoms with E-state index in [2.05, 4.69) is 0 Å². The predicted octanol–water partition coefficient (Wildman–Crippen LogP) is 0.483. The number of imide groups is 1. The van der Waals surface area contributed by atoms with Crippen LogP contribution >= 0.6 is 0 Å². The number of likely N-dealkylation sites (tertiary alicyclic amines) is 1. The topological polar surface area (TPSA) is 133 Å². The third-order valence-electron chi connectivity index (χ3n) is 3.16. The summed E-state index contributed by atoms with van der Waals surface area (Å²) < 4.78 is 4.78. The van der Waals surface area contributed by atoms with Gasteiger partial charge in [-0.15, -0.1) is 0 Å². The molecule has 0 spiro atoms. The highest BCUT2D eigenvalue weighted by atomic mass is 16.6. The number of carbonyl (C=O) groups excluding carboxylic acids is 3. The Morgan fingerprint density at radius 3 is 2.73 bits per heavy atom. The molecule has 1 aromatic carbocycles. The predicted molar refractivity (Wildman–Crippen MR) is 73.7 cm³/mol. The highest BCUT2D eigenvalue weighted by Crippen LogP contribution is 2.22. The zero-order valence-corrected chi connectivity index (χ0v) is 11.5. The van der Waals surface area contributed by atoms with E-state index in [1.807, 2.05) is 0 Å². The number of nitrogens with two attached hydrogens (primary N) is 1. The average molecular weight is 307 g/mol. The highest BCUT2D eigenvalue weighted by Gasteiger charge is 2.27. The molecule has 0 radical (unpaired) electrons. The number of amides is 2. The van der Waals surface area contributed by atoms with E-state index in [9.17, 15) is 24.5 Å². The molecule has 2 N–H and O–H groups in total. The minimum absolute atomic E-state index is 0.0831. The van der Waals surface area contributed by atoms with Crippen LogP contribution in [0, 0.1) is 10.1 Å². The van der Waals surface area contributed by atoms with Gasteiger partial charge in [0, 0.05) is 19.0 Å². The van der Waals surface area contributed by atoms with E-state index in [1.165, 1.54) is 12.1 Å². The van der Waals surface area contributed by atoms with Crippen molar-refractivity contribution in [1.82, 2.24) is 4.90 Å². The molecule has 0 aromatic heterocycles. The van der Waals surface area contributed by atoms with E-state index in [0.717, 1.165) is 11.0 Å². The van der Waals surface area contributed by atoms with Gasteiger partial charge in [0.05, 0.1) is 10.5 Å². The minimum Gasteiger partial charge on any atom is -0.452 e. The second kappa shape index (κ2) is 6.20. The first-order valence-corrected chi connectivity index (χ1v) is 6.44. The fraction of sp³-hybridized carbons (Fsp3) is 0.308. The summed E-state index contributed by atoms with van der Waals surface area (Å²) in [5.41, 5.74) is 4.82. The molecule has 1 aliphatic heterocycles. The van der Waals surface area contributed by atoms with Crippen molar-refractivity contribution in [3.63, 3.8) is 0 Å². The standard InChI is InChI=1S/C13H13N3O6/c14-9-4-3-8(6-10(9)16(20)21)13(19)22-7-12(18)15-5-1-2-11(15)17/h3-4,6H,1-2,5,7,14H2. The maximum absolute atomic E-state index is 11.8. The van der Waals surface area contributed by atoms with Crippen LogP contribution in [0.1, 0.15) is 23.2 Å². The molecule has 116 valence electrons. The second-order valence-electron chi connectivity index (χ2n) is 4.65. The lowest BCUT2D eigenvalue weighted by atomic mass is 10.2. The Morgan fingerprint density at radius 2 is 2.14 bits per heavy atom. The largest absolute Gasteiger partial charge is 0.452 e. The van der Waals surface area contributed by atoms with Gasteiger partial charge in [0.1, 0.15) is 5.69 Å². The summed E-state index contributed by atoms with van der Waals surface area (Å²) in [6.45, 7) is -0.286. The summed E-state index contributed by atoms with van der Waals surface area (Å²) in [6, 6.07) is 3.44. The van der Waals surface area contributed by atoms with Gasteiger partial charge in [-0.05, 0) is 18.6 Å². The number of hydrogen-bond donors (Lipinski definition) is 1. The molecule has 1 aromatic rings. The van der Waals surface area contributed by atoms with E-state index in [1.54, 1.807) is 0 Å². The Morgan fingerprint density at radius 1 is 1.41 bits per heavy atom. The van der Waals surface area contributed by atoms with E-state index >= 15 is 0 Å². The van der Waals surface area contributed by atoms with E-state index in [0.29, 0.717) is 19.4 Å². The number of ether oxygens (including phenoxy) is 1. The van der Waals surface area contributed by atoms with Crippen LogP contribution in [0.15, 0.2) is 18.2 Å². The number of esters is 1. The molecule has 9 heteroatoms. The highest BCUT2D eigenvalue weighted by molar-refractivity contribution is 5.99. The number of rotatable bonds is 4. The summed E-state index contributed by atoms with van der Waals surface area (Å²) in [6.07, 6.45) is 0.881. The Labute approximate surface area is 124 Å². The molecule has 9 nitrogen and oxygen atoms in total. The molecule has 0 bridgehead atoms. The van der Waals surface area contributed by atoms with Crippen LogP contribution in [0.3, 0.4) is 0 Å². The third kappa shape index (κ3) is 3.19. The fourth-order valence-corrected chi connectivity index (χ4v) is 2.03. The van der Waals surface area contributed by atoms with Crippen molar-refractivity contribution in [2.24, 2.45) is 0 Å². The van der Waals surface area contributed by atoms with Gasteiger partial charge >= 0.3 is 5.97 Å². The van der Waals surface area contributed by atoms with E-state index < -0.39 is 29.1 Å². The first kappa shape index (κ1) is 15.4. The number of nitrogen functional groups attached to an aromatic ring is 1. The quantitative estimate of drug-likeness (QED) is 0.370. The molecule has 1 heterocycles. The Bertz CT molecular complexity index is 657. The van der Waals surface area contributed by atoms with Gasteiger partial charge in [-0.1, -0.05) is 0 Å². The maximum Gasteiger partial charge on any atom is 0.338 e. The number of anilines is 1. The molecule has 2 rings (SSSR count). The molecule has 2 amide bonds.